The molecule has 0 saturated carbocycles. The highest BCUT2D eigenvalue weighted by Gasteiger charge is 2.28. The molecule has 2 aromatic rings. The van der Waals surface area contributed by atoms with Crippen molar-refractivity contribution in [3.63, 3.8) is 0 Å². The Hall–Kier alpha value is -2.14. The molecular weight excluding hydrogens is 310 g/mol. The quantitative estimate of drug-likeness (QED) is 0.498. The molecule has 0 heterocycles. The standard InChI is InChI=1S/C18H21NO3S/c1-3-17(23(21,22)4-2)18(19-20)16-12-10-15(11-13-16)14-8-6-5-7-9-14/h5-13,17,20H,3-4H2,1-2H3/b19-18-/t17-/m1/s1. The highest BCUT2D eigenvalue weighted by Crippen LogP contribution is 2.22. The molecule has 0 aliphatic heterocycles. The van der Waals surface area contributed by atoms with E-state index in [1.165, 1.54) is 0 Å². The minimum absolute atomic E-state index is 0.0205. The molecule has 0 aliphatic rings. The molecule has 4 nitrogen and oxygen atoms in total. The Balaban J connectivity index is 2.37. The van der Waals surface area contributed by atoms with Gasteiger partial charge in [0.25, 0.3) is 0 Å². The first kappa shape index (κ1) is 17.2. The molecule has 0 unspecified atom stereocenters. The van der Waals surface area contributed by atoms with Gasteiger partial charge in [-0.2, -0.15) is 0 Å². The Morgan fingerprint density at radius 1 is 1.00 bits per heavy atom. The van der Waals surface area contributed by atoms with Crippen molar-refractivity contribution in [1.29, 1.82) is 0 Å². The van der Waals surface area contributed by atoms with Gasteiger partial charge in [0.2, 0.25) is 0 Å². The Bertz CT molecular complexity index is 766. The van der Waals surface area contributed by atoms with Crippen LogP contribution in [0.3, 0.4) is 0 Å². The van der Waals surface area contributed by atoms with Crippen molar-refractivity contribution < 1.29 is 13.6 Å². The summed E-state index contributed by atoms with van der Waals surface area (Å²) in [7, 11) is -3.32. The third kappa shape index (κ3) is 3.79. The van der Waals surface area contributed by atoms with Gasteiger partial charge in [-0.3, -0.25) is 0 Å². The number of hydrogen-bond donors (Lipinski definition) is 1. The molecule has 1 N–H and O–H groups in total. The second-order valence-corrected chi connectivity index (χ2v) is 7.75. The Morgan fingerprint density at radius 3 is 2.04 bits per heavy atom. The van der Waals surface area contributed by atoms with Crippen LogP contribution in [0.15, 0.2) is 59.8 Å². The van der Waals surface area contributed by atoms with E-state index in [0.717, 1.165) is 11.1 Å². The normalized spacial score (nSPS) is 13.7. The highest BCUT2D eigenvalue weighted by atomic mass is 32.2. The van der Waals surface area contributed by atoms with Crippen LogP contribution in [0.2, 0.25) is 0 Å². The fraction of sp³-hybridized carbons (Fsp3) is 0.278. The SMILES string of the molecule is CC[C@H](/C(=N\O)c1ccc(-c2ccccc2)cc1)S(=O)(=O)CC. The van der Waals surface area contributed by atoms with Crippen LogP contribution >= 0.6 is 0 Å². The fourth-order valence-electron chi connectivity index (χ4n) is 2.59. The summed E-state index contributed by atoms with van der Waals surface area (Å²) in [4.78, 5) is 0. The van der Waals surface area contributed by atoms with Crippen molar-refractivity contribution >= 4 is 15.5 Å². The lowest BCUT2D eigenvalue weighted by Crippen LogP contribution is -2.31. The third-order valence-electron chi connectivity index (χ3n) is 3.91. The summed E-state index contributed by atoms with van der Waals surface area (Å²) in [5.41, 5.74) is 2.93. The molecule has 0 bridgehead atoms. The monoisotopic (exact) mass is 331 g/mol. The number of benzene rings is 2. The maximum atomic E-state index is 12.2. The predicted molar refractivity (Wildman–Crippen MR) is 93.7 cm³/mol. The summed E-state index contributed by atoms with van der Waals surface area (Å²) >= 11 is 0. The van der Waals surface area contributed by atoms with E-state index >= 15 is 0 Å². The van der Waals surface area contributed by atoms with Crippen LogP contribution in [-0.2, 0) is 9.84 Å². The molecule has 0 fully saturated rings. The lowest BCUT2D eigenvalue weighted by molar-refractivity contribution is 0.318. The molecule has 0 radical (unpaired) electrons. The van der Waals surface area contributed by atoms with Crippen molar-refractivity contribution in [2.24, 2.45) is 5.16 Å². The summed E-state index contributed by atoms with van der Waals surface area (Å²) in [6.07, 6.45) is 0.371. The lowest BCUT2D eigenvalue weighted by Gasteiger charge is -2.16. The van der Waals surface area contributed by atoms with Crippen LogP contribution < -0.4 is 0 Å². The molecule has 0 aromatic heterocycles. The topological polar surface area (TPSA) is 66.7 Å². The van der Waals surface area contributed by atoms with Gasteiger partial charge in [0, 0.05) is 11.3 Å². The van der Waals surface area contributed by atoms with Crippen LogP contribution in [0.5, 0.6) is 0 Å². The second kappa shape index (κ2) is 7.42. The van der Waals surface area contributed by atoms with Crippen LogP contribution in [0, 0.1) is 0 Å². The van der Waals surface area contributed by atoms with Gasteiger partial charge in [0.1, 0.15) is 11.0 Å². The molecule has 0 spiro atoms. The van der Waals surface area contributed by atoms with Gasteiger partial charge in [0.15, 0.2) is 9.84 Å². The van der Waals surface area contributed by atoms with E-state index in [9.17, 15) is 13.6 Å². The number of hydrogen-bond acceptors (Lipinski definition) is 4. The van der Waals surface area contributed by atoms with Gasteiger partial charge >= 0.3 is 0 Å². The first-order valence-corrected chi connectivity index (χ1v) is 9.34. The average molecular weight is 331 g/mol. The van der Waals surface area contributed by atoms with E-state index in [0.29, 0.717) is 12.0 Å². The minimum Gasteiger partial charge on any atom is -0.411 e. The summed E-state index contributed by atoms with van der Waals surface area (Å²) < 4.78 is 24.4. The van der Waals surface area contributed by atoms with E-state index in [4.69, 9.17) is 0 Å². The Labute approximate surface area is 137 Å². The van der Waals surface area contributed by atoms with Gasteiger partial charge in [-0.15, -0.1) is 0 Å². The maximum Gasteiger partial charge on any atom is 0.158 e. The average Bonchev–Trinajstić information content (AvgIpc) is 2.60. The van der Waals surface area contributed by atoms with Crippen molar-refractivity contribution in [3.05, 3.63) is 60.2 Å². The van der Waals surface area contributed by atoms with Gasteiger partial charge < -0.3 is 5.21 Å². The summed E-state index contributed by atoms with van der Waals surface area (Å²) in [5, 5.41) is 11.8. The van der Waals surface area contributed by atoms with E-state index in [1.54, 1.807) is 26.0 Å². The molecule has 0 aliphatic carbocycles. The first-order chi connectivity index (χ1) is 11.0. The van der Waals surface area contributed by atoms with Crippen molar-refractivity contribution in [3.8, 4) is 11.1 Å². The van der Waals surface area contributed by atoms with E-state index < -0.39 is 15.1 Å². The van der Waals surface area contributed by atoms with Crippen molar-refractivity contribution in [1.82, 2.24) is 0 Å². The molecular formula is C18H21NO3S. The zero-order valence-electron chi connectivity index (χ0n) is 13.3. The maximum absolute atomic E-state index is 12.2. The van der Waals surface area contributed by atoms with Gasteiger partial charge in [0.05, 0.1) is 0 Å². The molecule has 2 aromatic carbocycles. The van der Waals surface area contributed by atoms with Gasteiger partial charge in [-0.05, 0) is 17.5 Å². The number of oxime groups is 1. The largest absolute Gasteiger partial charge is 0.411 e. The van der Waals surface area contributed by atoms with Crippen molar-refractivity contribution in [2.45, 2.75) is 25.5 Å². The van der Waals surface area contributed by atoms with Gasteiger partial charge in [-0.25, -0.2) is 8.42 Å². The van der Waals surface area contributed by atoms with Crippen LogP contribution in [-0.4, -0.2) is 30.3 Å². The molecule has 0 amide bonds. The fourth-order valence-corrected chi connectivity index (χ4v) is 4.02. The summed E-state index contributed by atoms with van der Waals surface area (Å²) in [6.45, 7) is 3.38. The highest BCUT2D eigenvalue weighted by molar-refractivity contribution is 7.92. The number of rotatable bonds is 6. The first-order valence-electron chi connectivity index (χ1n) is 7.62. The molecule has 0 saturated heterocycles. The second-order valence-electron chi connectivity index (χ2n) is 5.28. The number of sulfone groups is 1. The Morgan fingerprint density at radius 2 is 1.57 bits per heavy atom. The summed E-state index contributed by atoms with van der Waals surface area (Å²) in [5.74, 6) is 0.0205. The minimum atomic E-state index is -3.32. The van der Waals surface area contributed by atoms with Gasteiger partial charge in [-0.1, -0.05) is 73.6 Å². The smallest absolute Gasteiger partial charge is 0.158 e. The molecule has 2 rings (SSSR count). The van der Waals surface area contributed by atoms with E-state index in [2.05, 4.69) is 5.16 Å². The molecule has 23 heavy (non-hydrogen) atoms. The van der Waals surface area contributed by atoms with Crippen LogP contribution in [0.1, 0.15) is 25.8 Å². The molecule has 122 valence electrons. The number of nitrogens with zero attached hydrogens (tertiary/aromatic N) is 1. The predicted octanol–water partition coefficient (Wildman–Crippen LogP) is 3.75. The Kier molecular flexibility index (Phi) is 5.55. The van der Waals surface area contributed by atoms with Crippen molar-refractivity contribution in [2.75, 3.05) is 5.75 Å². The van der Waals surface area contributed by atoms with Crippen LogP contribution in [0.25, 0.3) is 11.1 Å². The third-order valence-corrected chi connectivity index (χ3v) is 6.14. The molecule has 5 heteroatoms. The summed E-state index contributed by atoms with van der Waals surface area (Å²) in [6, 6.07) is 17.3. The van der Waals surface area contributed by atoms with Crippen LogP contribution in [0.4, 0.5) is 0 Å². The lowest BCUT2D eigenvalue weighted by atomic mass is 10.0. The van der Waals surface area contributed by atoms with E-state index in [-0.39, 0.29) is 11.5 Å². The molecule has 1 atom stereocenters. The zero-order valence-corrected chi connectivity index (χ0v) is 14.1. The van der Waals surface area contributed by atoms with E-state index in [1.807, 2.05) is 42.5 Å². The zero-order chi connectivity index (χ0) is 16.9.